The van der Waals surface area contributed by atoms with Gasteiger partial charge in [0.25, 0.3) is 0 Å². The maximum Gasteiger partial charge on any atom is 0.0766 e. The van der Waals surface area contributed by atoms with Crippen molar-refractivity contribution in [1.82, 2.24) is 5.32 Å². The van der Waals surface area contributed by atoms with Crippen molar-refractivity contribution in [2.75, 3.05) is 24.5 Å². The molecular weight excluding hydrogens is 288 g/mol. The van der Waals surface area contributed by atoms with E-state index in [1.54, 1.807) is 0 Å². The van der Waals surface area contributed by atoms with Crippen LogP contribution in [0, 0.1) is 5.92 Å². The van der Waals surface area contributed by atoms with Crippen molar-refractivity contribution in [2.45, 2.75) is 58.3 Å². The SMILES string of the molecule is CC(NCC(C)(O)C(C)C)c1ccc(N2CCC(O)CC2)cc1. The fraction of sp³-hybridized carbons (Fsp3) is 0.684. The lowest BCUT2D eigenvalue weighted by atomic mass is 9.92. The number of piperidine rings is 1. The second-order valence-corrected chi connectivity index (χ2v) is 7.42. The topological polar surface area (TPSA) is 55.7 Å². The lowest BCUT2D eigenvalue weighted by Gasteiger charge is -2.32. The molecule has 1 heterocycles. The van der Waals surface area contributed by atoms with Gasteiger partial charge in [0.1, 0.15) is 0 Å². The molecule has 0 saturated carbocycles. The zero-order valence-corrected chi connectivity index (χ0v) is 14.9. The van der Waals surface area contributed by atoms with E-state index in [4.69, 9.17) is 0 Å². The highest BCUT2D eigenvalue weighted by Crippen LogP contribution is 2.23. The van der Waals surface area contributed by atoms with E-state index in [2.05, 4.69) is 41.4 Å². The van der Waals surface area contributed by atoms with Crippen molar-refractivity contribution >= 4 is 5.69 Å². The standard InChI is InChI=1S/C19H32N2O2/c1-14(2)19(4,23)13-20-15(3)16-5-7-17(8-6-16)21-11-9-18(22)10-12-21/h5-8,14-15,18,20,22-23H,9-13H2,1-4H3. The van der Waals surface area contributed by atoms with Gasteiger partial charge >= 0.3 is 0 Å². The van der Waals surface area contributed by atoms with E-state index < -0.39 is 5.60 Å². The highest BCUT2D eigenvalue weighted by Gasteiger charge is 2.25. The van der Waals surface area contributed by atoms with Gasteiger partial charge in [0, 0.05) is 31.4 Å². The maximum absolute atomic E-state index is 10.3. The Hall–Kier alpha value is -1.10. The van der Waals surface area contributed by atoms with Crippen LogP contribution in [0.4, 0.5) is 5.69 Å². The monoisotopic (exact) mass is 320 g/mol. The second kappa shape index (κ2) is 7.65. The molecule has 130 valence electrons. The van der Waals surface area contributed by atoms with Gasteiger partial charge in [-0.05, 0) is 50.3 Å². The number of benzene rings is 1. The number of nitrogens with one attached hydrogen (secondary N) is 1. The minimum atomic E-state index is -0.692. The first-order chi connectivity index (χ1) is 10.8. The van der Waals surface area contributed by atoms with Crippen molar-refractivity contribution in [2.24, 2.45) is 5.92 Å². The van der Waals surface area contributed by atoms with Gasteiger partial charge in [-0.3, -0.25) is 0 Å². The van der Waals surface area contributed by atoms with Crippen LogP contribution in [0.2, 0.25) is 0 Å². The van der Waals surface area contributed by atoms with Crippen molar-refractivity contribution < 1.29 is 10.2 Å². The summed E-state index contributed by atoms with van der Waals surface area (Å²) < 4.78 is 0. The molecule has 0 radical (unpaired) electrons. The summed E-state index contributed by atoms with van der Waals surface area (Å²) in [5.74, 6) is 0.221. The summed E-state index contributed by atoms with van der Waals surface area (Å²) in [6.45, 7) is 10.5. The van der Waals surface area contributed by atoms with Gasteiger partial charge in [0.2, 0.25) is 0 Å². The van der Waals surface area contributed by atoms with Crippen LogP contribution in [-0.2, 0) is 0 Å². The lowest BCUT2D eigenvalue weighted by molar-refractivity contribution is 0.0122. The number of rotatable bonds is 6. The van der Waals surface area contributed by atoms with Crippen molar-refractivity contribution in [3.05, 3.63) is 29.8 Å². The van der Waals surface area contributed by atoms with E-state index in [0.29, 0.717) is 6.54 Å². The van der Waals surface area contributed by atoms with Gasteiger partial charge in [0.15, 0.2) is 0 Å². The lowest BCUT2D eigenvalue weighted by Crippen LogP contribution is -2.43. The minimum Gasteiger partial charge on any atom is -0.393 e. The van der Waals surface area contributed by atoms with Gasteiger partial charge in [-0.15, -0.1) is 0 Å². The van der Waals surface area contributed by atoms with E-state index in [0.717, 1.165) is 25.9 Å². The van der Waals surface area contributed by atoms with E-state index in [9.17, 15) is 10.2 Å². The number of nitrogens with zero attached hydrogens (tertiary/aromatic N) is 1. The molecule has 0 amide bonds. The zero-order valence-electron chi connectivity index (χ0n) is 14.9. The first-order valence-electron chi connectivity index (χ1n) is 8.78. The fourth-order valence-electron chi connectivity index (χ4n) is 2.78. The molecule has 0 aromatic heterocycles. The molecular formula is C19H32N2O2. The molecule has 1 aliphatic heterocycles. The van der Waals surface area contributed by atoms with Gasteiger partial charge < -0.3 is 20.4 Å². The normalized spacial score (nSPS) is 20.6. The van der Waals surface area contributed by atoms with Crippen molar-refractivity contribution in [3.8, 4) is 0 Å². The van der Waals surface area contributed by atoms with Crippen LogP contribution in [0.5, 0.6) is 0 Å². The third kappa shape index (κ3) is 4.93. The van der Waals surface area contributed by atoms with Gasteiger partial charge in [-0.2, -0.15) is 0 Å². The highest BCUT2D eigenvalue weighted by atomic mass is 16.3. The Labute approximate surface area is 140 Å². The fourth-order valence-corrected chi connectivity index (χ4v) is 2.78. The predicted molar refractivity (Wildman–Crippen MR) is 95.8 cm³/mol. The highest BCUT2D eigenvalue weighted by molar-refractivity contribution is 5.48. The first kappa shape index (κ1) is 18.2. The summed E-state index contributed by atoms with van der Waals surface area (Å²) >= 11 is 0. The molecule has 1 aromatic carbocycles. The van der Waals surface area contributed by atoms with E-state index >= 15 is 0 Å². The third-order valence-electron chi connectivity index (χ3n) is 5.23. The molecule has 2 atom stereocenters. The van der Waals surface area contributed by atoms with Crippen LogP contribution in [0.25, 0.3) is 0 Å². The molecule has 23 heavy (non-hydrogen) atoms. The Kier molecular flexibility index (Phi) is 6.06. The summed E-state index contributed by atoms with van der Waals surface area (Å²) in [5.41, 5.74) is 1.76. The molecule has 0 spiro atoms. The van der Waals surface area contributed by atoms with Crippen molar-refractivity contribution in [3.63, 3.8) is 0 Å². The molecule has 1 saturated heterocycles. The Bertz CT molecular complexity index is 477. The van der Waals surface area contributed by atoms with Crippen LogP contribution in [0.15, 0.2) is 24.3 Å². The number of aliphatic hydroxyl groups excluding tert-OH is 1. The molecule has 4 heteroatoms. The Morgan fingerprint density at radius 2 is 1.74 bits per heavy atom. The predicted octanol–water partition coefficient (Wildman–Crippen LogP) is 2.71. The van der Waals surface area contributed by atoms with E-state index in [1.165, 1.54) is 11.3 Å². The number of hydrogen-bond acceptors (Lipinski definition) is 4. The first-order valence-corrected chi connectivity index (χ1v) is 8.78. The second-order valence-electron chi connectivity index (χ2n) is 7.42. The van der Waals surface area contributed by atoms with Crippen molar-refractivity contribution in [1.29, 1.82) is 0 Å². The summed E-state index contributed by atoms with van der Waals surface area (Å²) in [6, 6.07) is 8.83. The van der Waals surface area contributed by atoms with Crippen LogP contribution in [0.1, 0.15) is 52.1 Å². The van der Waals surface area contributed by atoms with E-state index in [1.807, 2.05) is 20.8 Å². The van der Waals surface area contributed by atoms with Crippen LogP contribution in [0.3, 0.4) is 0 Å². The molecule has 2 rings (SSSR count). The van der Waals surface area contributed by atoms with Crippen LogP contribution < -0.4 is 10.2 Å². The molecule has 1 fully saturated rings. The average Bonchev–Trinajstić information content (AvgIpc) is 2.53. The van der Waals surface area contributed by atoms with Gasteiger partial charge in [-0.1, -0.05) is 26.0 Å². The Morgan fingerprint density at radius 3 is 2.26 bits per heavy atom. The quantitative estimate of drug-likeness (QED) is 0.754. The molecule has 4 nitrogen and oxygen atoms in total. The molecule has 1 aromatic rings. The molecule has 0 aliphatic carbocycles. The zero-order chi connectivity index (χ0) is 17.0. The smallest absolute Gasteiger partial charge is 0.0766 e. The summed E-state index contributed by atoms with van der Waals surface area (Å²) in [4.78, 5) is 2.33. The van der Waals surface area contributed by atoms with E-state index in [-0.39, 0.29) is 18.1 Å². The van der Waals surface area contributed by atoms with Crippen LogP contribution >= 0.6 is 0 Å². The Balaban J connectivity index is 1.91. The Morgan fingerprint density at radius 1 is 1.17 bits per heavy atom. The average molecular weight is 320 g/mol. The molecule has 0 bridgehead atoms. The number of aliphatic hydroxyl groups is 2. The third-order valence-corrected chi connectivity index (χ3v) is 5.23. The summed E-state index contributed by atoms with van der Waals surface area (Å²) in [5, 5.41) is 23.4. The number of anilines is 1. The summed E-state index contributed by atoms with van der Waals surface area (Å²) in [6.07, 6.45) is 1.57. The van der Waals surface area contributed by atoms with Gasteiger partial charge in [-0.25, -0.2) is 0 Å². The largest absolute Gasteiger partial charge is 0.393 e. The molecule has 1 aliphatic rings. The summed E-state index contributed by atoms with van der Waals surface area (Å²) in [7, 11) is 0. The van der Waals surface area contributed by atoms with Gasteiger partial charge in [0.05, 0.1) is 11.7 Å². The number of hydrogen-bond donors (Lipinski definition) is 3. The maximum atomic E-state index is 10.3. The molecule has 2 unspecified atom stereocenters. The minimum absolute atomic E-state index is 0.136. The van der Waals surface area contributed by atoms with Crippen LogP contribution in [-0.4, -0.2) is 41.6 Å². The molecule has 3 N–H and O–H groups in total.